The van der Waals surface area contributed by atoms with Gasteiger partial charge in [0.05, 0.1) is 12.0 Å². The van der Waals surface area contributed by atoms with Gasteiger partial charge in [0.25, 0.3) is 0 Å². The van der Waals surface area contributed by atoms with Crippen molar-refractivity contribution in [3.63, 3.8) is 0 Å². The number of rotatable bonds is 4. The fourth-order valence-electron chi connectivity index (χ4n) is 3.18. The zero-order valence-electron chi connectivity index (χ0n) is 11.6. The second-order valence-electron chi connectivity index (χ2n) is 5.94. The first kappa shape index (κ1) is 13.9. The molecule has 4 heteroatoms. The molecule has 0 bridgehead atoms. The maximum Gasteiger partial charge on any atom is 0.226 e. The van der Waals surface area contributed by atoms with Crippen LogP contribution in [0, 0.1) is 11.8 Å². The Bertz CT molecular complexity index is 464. The summed E-state index contributed by atoms with van der Waals surface area (Å²) in [7, 11) is 0. The van der Waals surface area contributed by atoms with E-state index in [4.69, 9.17) is 11.6 Å². The summed E-state index contributed by atoms with van der Waals surface area (Å²) >= 11 is 5.97. The third-order valence-corrected chi connectivity index (χ3v) is 4.80. The highest BCUT2D eigenvalue weighted by Gasteiger charge is 2.31. The molecule has 0 spiro atoms. The van der Waals surface area contributed by atoms with Gasteiger partial charge in [-0.15, -0.1) is 0 Å². The van der Waals surface area contributed by atoms with E-state index in [0.717, 1.165) is 18.1 Å². The van der Waals surface area contributed by atoms with Crippen LogP contribution in [0.15, 0.2) is 24.3 Å². The van der Waals surface area contributed by atoms with Crippen LogP contribution in [-0.4, -0.2) is 19.0 Å². The number of benzene rings is 1. The van der Waals surface area contributed by atoms with Gasteiger partial charge in [-0.25, -0.2) is 0 Å². The Morgan fingerprint density at radius 3 is 2.40 bits per heavy atom. The molecule has 1 aromatic rings. The van der Waals surface area contributed by atoms with Gasteiger partial charge in [0.2, 0.25) is 5.91 Å². The van der Waals surface area contributed by atoms with Crippen molar-refractivity contribution >= 4 is 17.5 Å². The van der Waals surface area contributed by atoms with Crippen LogP contribution in [0.5, 0.6) is 0 Å². The first-order valence-electron chi connectivity index (χ1n) is 7.50. The predicted molar refractivity (Wildman–Crippen MR) is 80.7 cm³/mol. The molecule has 0 radical (unpaired) electrons. The lowest BCUT2D eigenvalue weighted by atomic mass is 9.90. The van der Waals surface area contributed by atoms with E-state index < -0.39 is 0 Å². The van der Waals surface area contributed by atoms with Gasteiger partial charge < -0.3 is 10.6 Å². The van der Waals surface area contributed by atoms with E-state index in [-0.39, 0.29) is 17.9 Å². The molecule has 1 aromatic carbocycles. The van der Waals surface area contributed by atoms with Gasteiger partial charge in [0.1, 0.15) is 0 Å². The number of hydrogen-bond donors (Lipinski definition) is 2. The fourth-order valence-corrected chi connectivity index (χ4v) is 3.31. The van der Waals surface area contributed by atoms with Gasteiger partial charge in [-0.1, -0.05) is 36.6 Å². The van der Waals surface area contributed by atoms with Gasteiger partial charge in [-0.3, -0.25) is 4.79 Å². The van der Waals surface area contributed by atoms with Crippen LogP contribution >= 0.6 is 11.6 Å². The Balaban J connectivity index is 1.75. The monoisotopic (exact) mass is 292 g/mol. The normalized spacial score (nSPS) is 21.4. The maximum atomic E-state index is 12.3. The summed E-state index contributed by atoms with van der Waals surface area (Å²) < 4.78 is 0. The summed E-state index contributed by atoms with van der Waals surface area (Å²) in [5.74, 6) is 0.898. The Labute approximate surface area is 125 Å². The fraction of sp³-hybridized carbons (Fsp3) is 0.562. The molecular weight excluding hydrogens is 272 g/mol. The van der Waals surface area contributed by atoms with Gasteiger partial charge in [-0.2, -0.15) is 0 Å². The van der Waals surface area contributed by atoms with Crippen molar-refractivity contribution in [1.82, 2.24) is 10.6 Å². The number of halogens is 1. The molecule has 1 aliphatic heterocycles. The molecule has 108 valence electrons. The zero-order valence-corrected chi connectivity index (χ0v) is 12.3. The summed E-state index contributed by atoms with van der Waals surface area (Å²) in [5, 5.41) is 7.17. The topological polar surface area (TPSA) is 41.1 Å². The number of carbonyl (C=O) groups is 1. The highest BCUT2D eigenvalue weighted by Crippen LogP contribution is 2.36. The second kappa shape index (κ2) is 6.15. The molecule has 2 aliphatic rings. The number of amides is 1. The Morgan fingerprint density at radius 1 is 1.20 bits per heavy atom. The Hall–Kier alpha value is -1.06. The first-order chi connectivity index (χ1) is 9.74. The summed E-state index contributed by atoms with van der Waals surface area (Å²) in [5.41, 5.74) is 1.18. The van der Waals surface area contributed by atoms with Gasteiger partial charge in [-0.05, 0) is 36.5 Å². The molecular formula is C16H21ClN2O. The lowest BCUT2D eigenvalue weighted by Crippen LogP contribution is -2.51. The molecule has 3 rings (SSSR count). The van der Waals surface area contributed by atoms with Crippen LogP contribution in [0.4, 0.5) is 0 Å². The van der Waals surface area contributed by atoms with Crippen LogP contribution in [0.25, 0.3) is 0 Å². The molecule has 2 fully saturated rings. The summed E-state index contributed by atoms with van der Waals surface area (Å²) in [6, 6.07) is 8.06. The van der Waals surface area contributed by atoms with E-state index in [1.165, 1.54) is 31.2 Å². The third kappa shape index (κ3) is 2.99. The summed E-state index contributed by atoms with van der Waals surface area (Å²) in [6.07, 6.45) is 4.96. The molecule has 3 nitrogen and oxygen atoms in total. The van der Waals surface area contributed by atoms with E-state index in [0.29, 0.717) is 5.92 Å². The minimum absolute atomic E-state index is 0.142. The Kier molecular flexibility index (Phi) is 4.27. The largest absolute Gasteiger partial charge is 0.349 e. The molecule has 0 aromatic heterocycles. The minimum Gasteiger partial charge on any atom is -0.349 e. The average Bonchev–Trinajstić information content (AvgIpc) is 2.88. The lowest BCUT2D eigenvalue weighted by Gasteiger charge is -2.31. The second-order valence-corrected chi connectivity index (χ2v) is 6.37. The highest BCUT2D eigenvalue weighted by molar-refractivity contribution is 6.30. The average molecular weight is 293 g/mol. The minimum atomic E-state index is 0.142. The van der Waals surface area contributed by atoms with E-state index in [1.54, 1.807) is 0 Å². The third-order valence-electron chi connectivity index (χ3n) is 4.55. The van der Waals surface area contributed by atoms with Crippen molar-refractivity contribution in [2.45, 2.75) is 31.7 Å². The maximum absolute atomic E-state index is 12.3. The number of nitrogens with one attached hydrogen (secondary N) is 2. The molecule has 20 heavy (non-hydrogen) atoms. The highest BCUT2D eigenvalue weighted by atomic mass is 35.5. The van der Waals surface area contributed by atoms with Crippen molar-refractivity contribution < 1.29 is 4.79 Å². The predicted octanol–water partition coefficient (Wildman–Crippen LogP) is 2.91. The zero-order chi connectivity index (χ0) is 13.9. The van der Waals surface area contributed by atoms with Crippen molar-refractivity contribution in [3.05, 3.63) is 34.9 Å². The van der Waals surface area contributed by atoms with Crippen LogP contribution in [0.3, 0.4) is 0 Å². The molecule has 2 N–H and O–H groups in total. The van der Waals surface area contributed by atoms with Crippen LogP contribution in [0.1, 0.15) is 37.3 Å². The van der Waals surface area contributed by atoms with Crippen molar-refractivity contribution in [1.29, 1.82) is 0 Å². The first-order valence-corrected chi connectivity index (χ1v) is 7.88. The van der Waals surface area contributed by atoms with E-state index in [1.807, 2.05) is 24.3 Å². The van der Waals surface area contributed by atoms with E-state index in [9.17, 15) is 4.79 Å². The van der Waals surface area contributed by atoms with Crippen molar-refractivity contribution in [2.24, 2.45) is 11.8 Å². The van der Waals surface area contributed by atoms with Crippen molar-refractivity contribution in [3.8, 4) is 0 Å². The van der Waals surface area contributed by atoms with Crippen LogP contribution in [-0.2, 0) is 4.79 Å². The standard InChI is InChI=1S/C16H21ClN2O/c17-14-7-5-12(6-8-14)15(11-3-1-2-4-11)19-16(20)13-9-18-10-13/h5-8,11,13,15,18H,1-4,9-10H2,(H,19,20). The lowest BCUT2D eigenvalue weighted by molar-refractivity contribution is -0.127. The molecule has 1 atom stereocenters. The molecule has 1 unspecified atom stereocenters. The molecule has 1 heterocycles. The smallest absolute Gasteiger partial charge is 0.226 e. The Morgan fingerprint density at radius 2 is 1.85 bits per heavy atom. The number of carbonyl (C=O) groups excluding carboxylic acids is 1. The van der Waals surface area contributed by atoms with Crippen LogP contribution < -0.4 is 10.6 Å². The molecule has 1 saturated heterocycles. The van der Waals surface area contributed by atoms with Gasteiger partial charge >= 0.3 is 0 Å². The van der Waals surface area contributed by atoms with E-state index >= 15 is 0 Å². The molecule has 1 aliphatic carbocycles. The van der Waals surface area contributed by atoms with Gasteiger partial charge in [0.15, 0.2) is 0 Å². The number of hydrogen-bond acceptors (Lipinski definition) is 2. The van der Waals surface area contributed by atoms with Crippen molar-refractivity contribution in [2.75, 3.05) is 13.1 Å². The van der Waals surface area contributed by atoms with Crippen LogP contribution in [0.2, 0.25) is 5.02 Å². The molecule has 1 saturated carbocycles. The summed E-state index contributed by atoms with van der Waals surface area (Å²) in [4.78, 5) is 12.3. The quantitative estimate of drug-likeness (QED) is 0.896. The summed E-state index contributed by atoms with van der Waals surface area (Å²) in [6.45, 7) is 1.62. The van der Waals surface area contributed by atoms with E-state index in [2.05, 4.69) is 10.6 Å². The molecule has 1 amide bonds. The SMILES string of the molecule is O=C(NC(c1ccc(Cl)cc1)C1CCCC1)C1CNC1. The van der Waals surface area contributed by atoms with Gasteiger partial charge in [0, 0.05) is 18.1 Å².